The van der Waals surface area contributed by atoms with Gasteiger partial charge in [0.15, 0.2) is 11.7 Å². The number of hydrazine groups is 1. The van der Waals surface area contributed by atoms with Gasteiger partial charge in [-0.15, -0.1) is 0 Å². The first-order valence-corrected chi connectivity index (χ1v) is 11.1. The molecule has 0 saturated carbocycles. The summed E-state index contributed by atoms with van der Waals surface area (Å²) in [7, 11) is 0. The number of hydrogen-bond donors (Lipinski definition) is 3. The van der Waals surface area contributed by atoms with Crippen LogP contribution in [0.3, 0.4) is 0 Å². The molecule has 1 unspecified atom stereocenters. The van der Waals surface area contributed by atoms with Gasteiger partial charge in [0.05, 0.1) is 10.6 Å². The molecule has 0 aromatic heterocycles. The van der Waals surface area contributed by atoms with Gasteiger partial charge in [0.2, 0.25) is 0 Å². The van der Waals surface area contributed by atoms with Crippen molar-refractivity contribution < 1.29 is 19.1 Å². The lowest BCUT2D eigenvalue weighted by Gasteiger charge is -2.13. The van der Waals surface area contributed by atoms with Crippen molar-refractivity contribution in [1.82, 2.24) is 16.2 Å². The van der Waals surface area contributed by atoms with E-state index in [1.54, 1.807) is 30.3 Å². The van der Waals surface area contributed by atoms with E-state index in [2.05, 4.69) is 39.0 Å². The zero-order valence-electron chi connectivity index (χ0n) is 17.7. The average molecular weight is 508 g/mol. The van der Waals surface area contributed by atoms with Crippen LogP contribution in [-0.2, 0) is 11.2 Å². The third kappa shape index (κ3) is 8.18. The Morgan fingerprint density at radius 1 is 1.10 bits per heavy atom. The number of hydrogen-bond acceptors (Lipinski definition) is 5. The highest BCUT2D eigenvalue weighted by Crippen LogP contribution is 2.26. The minimum atomic E-state index is -0.449. The van der Waals surface area contributed by atoms with Crippen molar-refractivity contribution in [2.24, 2.45) is 0 Å². The Hall–Kier alpha value is -2.65. The van der Waals surface area contributed by atoms with Crippen molar-refractivity contribution in [3.63, 3.8) is 0 Å². The van der Waals surface area contributed by atoms with Crippen molar-refractivity contribution in [1.29, 1.82) is 0 Å². The molecule has 0 aliphatic heterocycles. The van der Waals surface area contributed by atoms with E-state index in [0.717, 1.165) is 22.9 Å². The number of halogens is 1. The van der Waals surface area contributed by atoms with Gasteiger partial charge in [-0.3, -0.25) is 25.8 Å². The Balaban J connectivity index is 1.75. The van der Waals surface area contributed by atoms with Crippen molar-refractivity contribution in [2.45, 2.75) is 39.7 Å². The van der Waals surface area contributed by atoms with E-state index in [-0.39, 0.29) is 17.8 Å². The van der Waals surface area contributed by atoms with Crippen LogP contribution in [0.1, 0.15) is 43.1 Å². The highest BCUT2D eigenvalue weighted by atomic mass is 79.9. The number of aryl methyl sites for hydroxylation is 1. The lowest BCUT2D eigenvalue weighted by molar-refractivity contribution is -0.123. The Kier molecular flexibility index (Phi) is 9.74. The summed E-state index contributed by atoms with van der Waals surface area (Å²) in [6.07, 6.45) is 1.89. The summed E-state index contributed by atoms with van der Waals surface area (Å²) in [5.41, 5.74) is 6.43. The summed E-state index contributed by atoms with van der Waals surface area (Å²) in [6, 6.07) is 12.4. The third-order valence-electron chi connectivity index (χ3n) is 4.33. The van der Waals surface area contributed by atoms with Gasteiger partial charge >= 0.3 is 0 Å². The molecule has 0 spiro atoms. The minimum absolute atomic E-state index is 0.0354. The Labute approximate surface area is 196 Å². The number of benzene rings is 2. The first-order chi connectivity index (χ1) is 14.8. The maximum absolute atomic E-state index is 12.3. The highest BCUT2D eigenvalue weighted by Gasteiger charge is 2.10. The molecule has 0 saturated heterocycles. The van der Waals surface area contributed by atoms with E-state index in [1.807, 2.05) is 26.0 Å². The lowest BCUT2D eigenvalue weighted by atomic mass is 10.2. The zero-order valence-corrected chi connectivity index (χ0v) is 20.1. The summed E-state index contributed by atoms with van der Waals surface area (Å²) in [6.45, 7) is 5.85. The second-order valence-corrected chi connectivity index (χ2v) is 7.99. The first kappa shape index (κ1) is 24.6. The van der Waals surface area contributed by atoms with E-state index in [1.165, 1.54) is 0 Å². The number of rotatable bonds is 8. The molecule has 7 nitrogen and oxygen atoms in total. The average Bonchev–Trinajstić information content (AvgIpc) is 2.77. The predicted molar refractivity (Wildman–Crippen MR) is 127 cm³/mol. The molecular weight excluding hydrogens is 482 g/mol. The van der Waals surface area contributed by atoms with Crippen LogP contribution in [0.4, 0.5) is 0 Å². The summed E-state index contributed by atoms with van der Waals surface area (Å²) in [5.74, 6) is 0.395. The second-order valence-electron chi connectivity index (χ2n) is 6.72. The molecule has 3 N–H and O–H groups in total. The van der Waals surface area contributed by atoms with Gasteiger partial charge < -0.3 is 9.47 Å². The van der Waals surface area contributed by atoms with Crippen LogP contribution in [0.25, 0.3) is 0 Å². The van der Waals surface area contributed by atoms with Crippen LogP contribution in [0, 0.1) is 0 Å². The smallest absolute Gasteiger partial charge is 0.276 e. The molecule has 166 valence electrons. The van der Waals surface area contributed by atoms with Crippen molar-refractivity contribution >= 4 is 45.1 Å². The molecule has 0 fully saturated rings. The molecule has 31 heavy (non-hydrogen) atoms. The van der Waals surface area contributed by atoms with E-state index >= 15 is 0 Å². The number of carbonyl (C=O) groups excluding carboxylic acids is 2. The molecule has 2 aromatic rings. The number of nitrogens with one attached hydrogen (secondary N) is 3. The van der Waals surface area contributed by atoms with Crippen molar-refractivity contribution in [3.8, 4) is 11.5 Å². The largest absolute Gasteiger partial charge is 0.491 e. The molecule has 0 radical (unpaired) electrons. The lowest BCUT2D eigenvalue weighted by Crippen LogP contribution is -2.49. The number of ether oxygens (including phenoxy) is 2. The van der Waals surface area contributed by atoms with Crippen LogP contribution in [-0.4, -0.2) is 29.6 Å². The van der Waals surface area contributed by atoms with Crippen LogP contribution >= 0.6 is 28.1 Å². The number of amides is 2. The first-order valence-electron chi connectivity index (χ1n) is 9.90. The van der Waals surface area contributed by atoms with Crippen molar-refractivity contribution in [2.75, 3.05) is 6.61 Å². The van der Waals surface area contributed by atoms with Gasteiger partial charge in [0.25, 0.3) is 11.8 Å². The molecule has 0 heterocycles. The Bertz CT molecular complexity index is 921. The number of carbonyl (C=O) groups is 2. The van der Waals surface area contributed by atoms with Gasteiger partial charge in [-0.05, 0) is 89.9 Å². The van der Waals surface area contributed by atoms with Gasteiger partial charge in [0.1, 0.15) is 11.5 Å². The molecule has 0 aliphatic carbocycles. The van der Waals surface area contributed by atoms with E-state index in [9.17, 15) is 9.59 Å². The normalized spacial score (nSPS) is 11.2. The highest BCUT2D eigenvalue weighted by molar-refractivity contribution is 9.10. The maximum atomic E-state index is 12.3. The Morgan fingerprint density at radius 3 is 2.42 bits per heavy atom. The SMILES string of the molecule is CCc1ccc(OCC(=O)NNC(=S)NC(=O)c2ccc(OC(C)CC)cc2)c(Br)c1. The van der Waals surface area contributed by atoms with Gasteiger partial charge in [0, 0.05) is 5.56 Å². The molecule has 2 amide bonds. The van der Waals surface area contributed by atoms with Gasteiger partial charge in [-0.2, -0.15) is 0 Å². The fourth-order valence-corrected chi connectivity index (χ4v) is 3.08. The monoisotopic (exact) mass is 507 g/mol. The number of thiocarbonyl (C=S) groups is 1. The van der Waals surface area contributed by atoms with Gasteiger partial charge in [-0.25, -0.2) is 0 Å². The molecule has 0 bridgehead atoms. The third-order valence-corrected chi connectivity index (χ3v) is 5.16. The van der Waals surface area contributed by atoms with Crippen molar-refractivity contribution in [3.05, 3.63) is 58.1 Å². The second kappa shape index (κ2) is 12.3. The topological polar surface area (TPSA) is 88.7 Å². The van der Waals surface area contributed by atoms with Crippen LogP contribution < -0.4 is 25.6 Å². The van der Waals surface area contributed by atoms with E-state index in [4.69, 9.17) is 21.7 Å². The summed E-state index contributed by atoms with van der Waals surface area (Å²) in [4.78, 5) is 24.2. The summed E-state index contributed by atoms with van der Waals surface area (Å²) in [5, 5.41) is 2.46. The summed E-state index contributed by atoms with van der Waals surface area (Å²) >= 11 is 8.46. The fourth-order valence-electron chi connectivity index (χ4n) is 2.39. The molecule has 9 heteroatoms. The standard InChI is InChI=1S/C22H26BrN3O4S/c1-4-14(3)30-17-9-7-16(8-10-17)21(28)24-22(31)26-25-20(27)13-29-19-11-6-15(5-2)12-18(19)23/h6-12,14H,4-5,13H2,1-3H3,(H,25,27)(H2,24,26,28,31). The molecule has 2 aromatic carbocycles. The van der Waals surface area contributed by atoms with Crippen LogP contribution in [0.15, 0.2) is 46.9 Å². The molecular formula is C22H26BrN3O4S. The quantitative estimate of drug-likeness (QED) is 0.370. The van der Waals surface area contributed by atoms with E-state index in [0.29, 0.717) is 17.1 Å². The zero-order chi connectivity index (χ0) is 22.8. The fraction of sp³-hybridized carbons (Fsp3) is 0.318. The minimum Gasteiger partial charge on any atom is -0.491 e. The van der Waals surface area contributed by atoms with E-state index < -0.39 is 11.8 Å². The summed E-state index contributed by atoms with van der Waals surface area (Å²) < 4.78 is 11.9. The van der Waals surface area contributed by atoms with Crippen LogP contribution in [0.2, 0.25) is 0 Å². The maximum Gasteiger partial charge on any atom is 0.276 e. The molecule has 2 rings (SSSR count). The molecule has 0 aliphatic rings. The Morgan fingerprint density at radius 2 is 1.81 bits per heavy atom. The molecule has 1 atom stereocenters. The predicted octanol–water partition coefficient (Wildman–Crippen LogP) is 3.90. The van der Waals surface area contributed by atoms with Crippen LogP contribution in [0.5, 0.6) is 11.5 Å². The van der Waals surface area contributed by atoms with Gasteiger partial charge in [-0.1, -0.05) is 19.9 Å².